The fraction of sp³-hybridized carbons (Fsp3) is 0. The van der Waals surface area contributed by atoms with E-state index in [4.69, 9.17) is 13.9 Å². The van der Waals surface area contributed by atoms with Gasteiger partial charge in [-0.05, 0) is 107 Å². The Labute approximate surface area is 374 Å². The smallest absolute Gasteiger partial charge is 0.304 e. The van der Waals surface area contributed by atoms with E-state index in [1.165, 1.54) is 0 Å². The maximum absolute atomic E-state index is 7.64. The summed E-state index contributed by atoms with van der Waals surface area (Å²) in [6.45, 7) is -0.637. The van der Waals surface area contributed by atoms with E-state index in [0.717, 1.165) is 112 Å². The Balaban J connectivity index is 1.04. The van der Waals surface area contributed by atoms with Crippen LogP contribution in [0.4, 0.5) is 34.4 Å². The van der Waals surface area contributed by atoms with Crippen LogP contribution in [0, 0.1) is 0 Å². The number of aromatic nitrogens is 2. The average Bonchev–Trinajstić information content (AvgIpc) is 4.03. The van der Waals surface area contributed by atoms with Crippen molar-refractivity contribution >= 4 is 103 Å². The van der Waals surface area contributed by atoms with Gasteiger partial charge in [0.25, 0.3) is 0 Å². The van der Waals surface area contributed by atoms with Crippen molar-refractivity contribution < 1.29 is 13.9 Å². The van der Waals surface area contributed by atoms with Crippen molar-refractivity contribution in [2.75, 3.05) is 9.80 Å². The molecule has 11 aromatic rings. The van der Waals surface area contributed by atoms with Crippen LogP contribution >= 0.6 is 0 Å². The SMILES string of the molecule is c1ccc(N2c3cccc4c3B(c3oc5c(c3O4)Oc3cccc4c3B5c3c(n(-c5ccccc5)c5ccccc35)N4c3ccccc3)c3c2n(-c2ccccc2)c2ccccc32)cc1. The molecule has 0 saturated heterocycles. The van der Waals surface area contributed by atoms with E-state index in [1.807, 2.05) is 0 Å². The topological polar surface area (TPSA) is 47.9 Å². The molecule has 0 radical (unpaired) electrons. The Bertz CT molecular complexity index is 3510. The van der Waals surface area contributed by atoms with Gasteiger partial charge in [-0.25, -0.2) is 0 Å². The van der Waals surface area contributed by atoms with E-state index < -0.39 is 0 Å². The molecule has 65 heavy (non-hydrogen) atoms. The van der Waals surface area contributed by atoms with Crippen LogP contribution in [0.1, 0.15) is 0 Å². The molecule has 0 spiro atoms. The van der Waals surface area contributed by atoms with Gasteiger partial charge in [-0.2, -0.15) is 0 Å². The number of hydrogen-bond acceptors (Lipinski definition) is 5. The Morgan fingerprint density at radius 1 is 0.323 bits per heavy atom. The molecule has 8 aromatic carbocycles. The standard InChI is InChI=1S/C56H34B2N4O3/c1-5-19-35(20-6-1)59-41-29-15-13-27-39(41)47-55(59)61(37-23-9-3-10-24-37)43-31-17-33-45-49(43)57(47)53-51(63-45)52-54(65-53)58-48-40-28-14-16-30-42(40)60(36-21-7-2-8-22-36)56(48)62(38-25-11-4-12-26-38)44-32-18-34-46(64-52)50(44)58/h1-34H. The summed E-state index contributed by atoms with van der Waals surface area (Å²) in [4.78, 5) is 4.80. The number of hydrogen-bond donors (Lipinski definition) is 0. The predicted octanol–water partition coefficient (Wildman–Crippen LogP) is 9.98. The first kappa shape index (κ1) is 35.0. The van der Waals surface area contributed by atoms with Gasteiger partial charge in [0.1, 0.15) is 34.5 Å². The fourth-order valence-electron chi connectivity index (χ4n) is 11.3. The molecule has 4 aliphatic rings. The molecule has 0 saturated carbocycles. The highest BCUT2D eigenvalue weighted by Crippen LogP contribution is 2.49. The van der Waals surface area contributed by atoms with E-state index in [2.05, 4.69) is 225 Å². The third-order valence-corrected chi connectivity index (χ3v) is 13.8. The second kappa shape index (κ2) is 13.0. The molecule has 7 nitrogen and oxygen atoms in total. The maximum Gasteiger partial charge on any atom is 0.304 e. The molecule has 9 heteroatoms. The molecule has 4 aliphatic heterocycles. The van der Waals surface area contributed by atoms with Gasteiger partial charge in [-0.15, -0.1) is 0 Å². The third-order valence-electron chi connectivity index (χ3n) is 13.8. The van der Waals surface area contributed by atoms with Gasteiger partial charge < -0.3 is 13.9 Å². The summed E-state index contributed by atoms with van der Waals surface area (Å²) in [5.41, 5.74) is 14.5. The van der Waals surface area contributed by atoms with E-state index in [9.17, 15) is 0 Å². The predicted molar refractivity (Wildman–Crippen MR) is 264 cm³/mol. The van der Waals surface area contributed by atoms with Crippen LogP contribution in [0.2, 0.25) is 0 Å². The number of ether oxygens (including phenoxy) is 2. The quantitative estimate of drug-likeness (QED) is 0.165. The minimum atomic E-state index is -0.318. The van der Waals surface area contributed by atoms with Crippen LogP contribution < -0.4 is 52.4 Å². The molecular formula is C56H34B2N4O3. The largest absolute Gasteiger partial charge is 0.477 e. The molecule has 0 amide bonds. The highest BCUT2D eigenvalue weighted by atomic mass is 16.5. The Hall–Kier alpha value is -8.55. The number of benzene rings is 8. The lowest BCUT2D eigenvalue weighted by atomic mass is 9.36. The summed E-state index contributed by atoms with van der Waals surface area (Å²) in [5.74, 6) is 4.96. The minimum absolute atomic E-state index is 0.318. The normalized spacial score (nSPS) is 13.7. The van der Waals surface area contributed by atoms with Crippen molar-refractivity contribution in [3.63, 3.8) is 0 Å². The zero-order chi connectivity index (χ0) is 42.3. The minimum Gasteiger partial charge on any atom is -0.477 e. The van der Waals surface area contributed by atoms with Crippen molar-refractivity contribution in [2.45, 2.75) is 0 Å². The van der Waals surface area contributed by atoms with Crippen molar-refractivity contribution in [2.24, 2.45) is 0 Å². The van der Waals surface area contributed by atoms with Gasteiger partial charge in [0.2, 0.25) is 11.5 Å². The number of fused-ring (bicyclic) bond motifs is 13. The molecule has 0 bridgehead atoms. The Morgan fingerprint density at radius 2 is 0.692 bits per heavy atom. The van der Waals surface area contributed by atoms with Gasteiger partial charge in [-0.1, -0.05) is 121 Å². The highest BCUT2D eigenvalue weighted by molar-refractivity contribution is 7.02. The maximum atomic E-state index is 7.64. The molecule has 0 aliphatic carbocycles. The summed E-state index contributed by atoms with van der Waals surface area (Å²) in [5, 5.41) is 2.30. The monoisotopic (exact) mass is 832 g/mol. The van der Waals surface area contributed by atoms with Crippen molar-refractivity contribution in [3.8, 4) is 34.4 Å². The summed E-state index contributed by atoms with van der Waals surface area (Å²) >= 11 is 0. The molecule has 15 rings (SSSR count). The van der Waals surface area contributed by atoms with Crippen molar-refractivity contribution in [3.05, 3.63) is 206 Å². The Kier molecular flexibility index (Phi) is 6.99. The molecule has 0 fully saturated rings. The second-order valence-electron chi connectivity index (χ2n) is 17.1. The van der Waals surface area contributed by atoms with Gasteiger partial charge in [-0.3, -0.25) is 18.9 Å². The molecule has 3 aromatic heterocycles. The number of rotatable bonds is 4. The third kappa shape index (κ3) is 4.61. The van der Waals surface area contributed by atoms with E-state index in [0.29, 0.717) is 11.5 Å². The number of anilines is 6. The van der Waals surface area contributed by atoms with Gasteiger partial charge in [0.15, 0.2) is 0 Å². The lowest BCUT2D eigenvalue weighted by molar-refractivity contribution is 0.427. The lowest BCUT2D eigenvalue weighted by Crippen LogP contribution is -2.60. The van der Waals surface area contributed by atoms with Crippen molar-refractivity contribution in [1.82, 2.24) is 9.13 Å². The van der Waals surface area contributed by atoms with Crippen LogP contribution in [0.25, 0.3) is 33.2 Å². The second-order valence-corrected chi connectivity index (χ2v) is 17.1. The highest BCUT2D eigenvalue weighted by Gasteiger charge is 2.54. The summed E-state index contributed by atoms with van der Waals surface area (Å²) < 4.78 is 26.9. The number of furan rings is 1. The summed E-state index contributed by atoms with van der Waals surface area (Å²) in [6.07, 6.45) is 0. The van der Waals surface area contributed by atoms with E-state index in [-0.39, 0.29) is 13.4 Å². The van der Waals surface area contributed by atoms with Crippen LogP contribution in [0.3, 0.4) is 0 Å². The summed E-state index contributed by atoms with van der Waals surface area (Å²) in [6, 6.07) is 73.0. The first-order valence-corrected chi connectivity index (χ1v) is 22.2. The van der Waals surface area contributed by atoms with E-state index >= 15 is 0 Å². The molecule has 0 atom stereocenters. The zero-order valence-electron chi connectivity index (χ0n) is 34.8. The van der Waals surface area contributed by atoms with Crippen LogP contribution in [-0.2, 0) is 0 Å². The number of para-hydroxylation sites is 6. The number of nitrogens with zero attached hydrogens (tertiary/aromatic N) is 4. The Morgan fingerprint density at radius 3 is 1.11 bits per heavy atom. The molecular weight excluding hydrogens is 798 g/mol. The van der Waals surface area contributed by atoms with Gasteiger partial charge in [0.05, 0.1) is 11.0 Å². The molecule has 0 unspecified atom stereocenters. The first-order chi connectivity index (χ1) is 32.3. The van der Waals surface area contributed by atoms with Gasteiger partial charge in [0, 0.05) is 45.0 Å². The van der Waals surface area contributed by atoms with Crippen LogP contribution in [0.5, 0.6) is 23.0 Å². The van der Waals surface area contributed by atoms with Crippen LogP contribution in [-0.4, -0.2) is 22.6 Å². The molecule has 7 heterocycles. The summed E-state index contributed by atoms with van der Waals surface area (Å²) in [7, 11) is 0. The first-order valence-electron chi connectivity index (χ1n) is 22.2. The van der Waals surface area contributed by atoms with Crippen molar-refractivity contribution in [1.29, 1.82) is 0 Å². The van der Waals surface area contributed by atoms with Gasteiger partial charge >= 0.3 is 13.4 Å². The average molecular weight is 833 g/mol. The lowest BCUT2D eigenvalue weighted by Gasteiger charge is -2.38. The zero-order valence-corrected chi connectivity index (χ0v) is 34.8. The molecule has 0 N–H and O–H groups in total. The van der Waals surface area contributed by atoms with E-state index in [1.54, 1.807) is 0 Å². The molecule has 302 valence electrons. The fourth-order valence-corrected chi connectivity index (χ4v) is 11.3. The van der Waals surface area contributed by atoms with Crippen LogP contribution in [0.15, 0.2) is 211 Å².